The minimum Gasteiger partial charge on any atom is -0.488 e. The fourth-order valence-electron chi connectivity index (χ4n) is 2.17. The summed E-state index contributed by atoms with van der Waals surface area (Å²) in [6.07, 6.45) is 5.18. The van der Waals surface area contributed by atoms with Crippen molar-refractivity contribution in [3.05, 3.63) is 74.7 Å². The molecule has 1 aliphatic rings. The lowest BCUT2D eigenvalue weighted by Crippen LogP contribution is -2.13. The summed E-state index contributed by atoms with van der Waals surface area (Å²) >= 11 is 9.43. The first-order valence-corrected chi connectivity index (χ1v) is 7.90. The molecule has 2 aromatic carbocycles. The standard InChI is InChI=1S/C18H12BrClO2/c19-16-4-2-1-3-12(16)5-7-17(21)14-9-13-10-15(20)6-8-18(13)22-11-14/h1-10H,11H2/b7-5+. The minimum atomic E-state index is -0.0682. The summed E-state index contributed by atoms with van der Waals surface area (Å²) in [7, 11) is 0. The summed E-state index contributed by atoms with van der Waals surface area (Å²) in [6, 6.07) is 13.1. The Labute approximate surface area is 142 Å². The first-order chi connectivity index (χ1) is 10.6. The Morgan fingerprint density at radius 1 is 1.23 bits per heavy atom. The van der Waals surface area contributed by atoms with Crippen molar-refractivity contribution in [1.82, 2.24) is 0 Å². The predicted molar refractivity (Wildman–Crippen MR) is 93.1 cm³/mol. The molecule has 4 heteroatoms. The Balaban J connectivity index is 1.83. The van der Waals surface area contributed by atoms with E-state index in [1.807, 2.05) is 36.4 Å². The van der Waals surface area contributed by atoms with E-state index in [0.717, 1.165) is 21.3 Å². The van der Waals surface area contributed by atoms with Crippen LogP contribution in [0.3, 0.4) is 0 Å². The summed E-state index contributed by atoms with van der Waals surface area (Å²) in [5.74, 6) is 0.678. The summed E-state index contributed by atoms with van der Waals surface area (Å²) in [5.41, 5.74) is 2.39. The third-order valence-corrected chi connectivity index (χ3v) is 4.28. The van der Waals surface area contributed by atoms with Gasteiger partial charge in [0.25, 0.3) is 0 Å². The van der Waals surface area contributed by atoms with E-state index in [1.165, 1.54) is 0 Å². The number of ether oxygens (including phenoxy) is 1. The highest BCUT2D eigenvalue weighted by molar-refractivity contribution is 9.10. The number of benzene rings is 2. The SMILES string of the molecule is O=C(/C=C/c1ccccc1Br)C1=Cc2cc(Cl)ccc2OC1. The third-order valence-electron chi connectivity index (χ3n) is 3.32. The van der Waals surface area contributed by atoms with Crippen molar-refractivity contribution >= 4 is 45.5 Å². The molecule has 0 spiro atoms. The topological polar surface area (TPSA) is 26.3 Å². The van der Waals surface area contributed by atoms with E-state index in [4.69, 9.17) is 16.3 Å². The molecule has 0 amide bonds. The minimum absolute atomic E-state index is 0.0682. The molecule has 1 heterocycles. The molecular weight excluding hydrogens is 364 g/mol. The van der Waals surface area contributed by atoms with Crippen LogP contribution in [0, 0.1) is 0 Å². The van der Waals surface area contributed by atoms with E-state index >= 15 is 0 Å². The van der Waals surface area contributed by atoms with Crippen molar-refractivity contribution in [3.8, 4) is 5.75 Å². The molecule has 0 aromatic heterocycles. The number of hydrogen-bond donors (Lipinski definition) is 0. The molecule has 1 aliphatic heterocycles. The first kappa shape index (κ1) is 15.1. The highest BCUT2D eigenvalue weighted by atomic mass is 79.9. The normalized spacial score (nSPS) is 13.5. The van der Waals surface area contributed by atoms with Crippen molar-refractivity contribution in [2.45, 2.75) is 0 Å². The summed E-state index contributed by atoms with van der Waals surface area (Å²) in [6.45, 7) is 0.272. The van der Waals surface area contributed by atoms with E-state index in [1.54, 1.807) is 24.3 Å². The molecular formula is C18H12BrClO2. The van der Waals surface area contributed by atoms with Crippen LogP contribution in [0.4, 0.5) is 0 Å². The van der Waals surface area contributed by atoms with Crippen molar-refractivity contribution in [2.75, 3.05) is 6.61 Å². The van der Waals surface area contributed by atoms with Gasteiger partial charge in [-0.15, -0.1) is 0 Å². The number of carbonyl (C=O) groups is 1. The van der Waals surface area contributed by atoms with Gasteiger partial charge < -0.3 is 4.74 Å². The van der Waals surface area contributed by atoms with Gasteiger partial charge in [-0.2, -0.15) is 0 Å². The number of carbonyl (C=O) groups excluding carboxylic acids is 1. The highest BCUT2D eigenvalue weighted by Gasteiger charge is 2.15. The lowest BCUT2D eigenvalue weighted by molar-refractivity contribution is -0.111. The number of rotatable bonds is 3. The van der Waals surface area contributed by atoms with Gasteiger partial charge >= 0.3 is 0 Å². The molecule has 0 aliphatic carbocycles. The van der Waals surface area contributed by atoms with E-state index < -0.39 is 0 Å². The molecule has 0 radical (unpaired) electrons. The number of halogens is 2. The maximum Gasteiger partial charge on any atom is 0.185 e. The fraction of sp³-hybridized carbons (Fsp3) is 0.0556. The van der Waals surface area contributed by atoms with E-state index in [9.17, 15) is 4.79 Å². The zero-order valence-corrected chi connectivity index (χ0v) is 13.9. The summed E-state index contributed by atoms with van der Waals surface area (Å²) in [4.78, 5) is 12.3. The monoisotopic (exact) mass is 374 g/mol. The summed E-state index contributed by atoms with van der Waals surface area (Å²) in [5, 5.41) is 0.621. The van der Waals surface area contributed by atoms with Gasteiger partial charge in [0, 0.05) is 20.6 Å². The zero-order valence-electron chi connectivity index (χ0n) is 11.6. The van der Waals surface area contributed by atoms with Gasteiger partial charge in [0.1, 0.15) is 12.4 Å². The van der Waals surface area contributed by atoms with E-state index in [-0.39, 0.29) is 12.4 Å². The molecule has 0 N–H and O–H groups in total. The van der Waals surface area contributed by atoms with E-state index in [0.29, 0.717) is 10.6 Å². The van der Waals surface area contributed by atoms with Gasteiger partial charge in [0.05, 0.1) is 0 Å². The molecule has 2 nitrogen and oxygen atoms in total. The second-order valence-electron chi connectivity index (χ2n) is 4.86. The zero-order chi connectivity index (χ0) is 15.5. The van der Waals surface area contributed by atoms with Gasteiger partial charge in [0.2, 0.25) is 0 Å². The van der Waals surface area contributed by atoms with Crippen LogP contribution in [0.1, 0.15) is 11.1 Å². The Kier molecular flexibility index (Phi) is 4.46. The lowest BCUT2D eigenvalue weighted by Gasteiger charge is -2.16. The van der Waals surface area contributed by atoms with Crippen LogP contribution in [0.15, 0.2) is 58.6 Å². The van der Waals surface area contributed by atoms with Crippen LogP contribution in [0.2, 0.25) is 5.02 Å². The Morgan fingerprint density at radius 2 is 2.05 bits per heavy atom. The van der Waals surface area contributed by atoms with Crippen LogP contribution < -0.4 is 4.74 Å². The first-order valence-electron chi connectivity index (χ1n) is 6.73. The van der Waals surface area contributed by atoms with Crippen LogP contribution in [-0.4, -0.2) is 12.4 Å². The Bertz CT molecular complexity index is 793. The molecule has 0 fully saturated rings. The average Bonchev–Trinajstić information content (AvgIpc) is 2.53. The molecule has 2 aromatic rings. The molecule has 0 atom stereocenters. The predicted octanol–water partition coefficient (Wildman–Crippen LogP) is 5.16. The third kappa shape index (κ3) is 3.32. The maximum absolute atomic E-state index is 12.3. The highest BCUT2D eigenvalue weighted by Crippen LogP contribution is 2.29. The maximum atomic E-state index is 12.3. The van der Waals surface area contributed by atoms with Gasteiger partial charge in [-0.3, -0.25) is 4.79 Å². The molecule has 0 unspecified atom stereocenters. The van der Waals surface area contributed by atoms with Gasteiger partial charge in [-0.1, -0.05) is 45.7 Å². The Hall–Kier alpha value is -1.84. The van der Waals surface area contributed by atoms with Crippen molar-refractivity contribution < 1.29 is 9.53 Å². The van der Waals surface area contributed by atoms with Crippen LogP contribution in [0.5, 0.6) is 5.75 Å². The Morgan fingerprint density at radius 3 is 2.86 bits per heavy atom. The number of ketones is 1. The molecule has 3 rings (SSSR count). The quantitative estimate of drug-likeness (QED) is 0.693. The molecule has 0 saturated carbocycles. The van der Waals surface area contributed by atoms with Gasteiger partial charge in [0.15, 0.2) is 5.78 Å². The summed E-state index contributed by atoms with van der Waals surface area (Å²) < 4.78 is 6.55. The van der Waals surface area contributed by atoms with Gasteiger partial charge in [-0.25, -0.2) is 0 Å². The average molecular weight is 376 g/mol. The largest absolute Gasteiger partial charge is 0.488 e. The second kappa shape index (κ2) is 6.51. The molecule has 0 saturated heterocycles. The van der Waals surface area contributed by atoms with Crippen LogP contribution in [0.25, 0.3) is 12.2 Å². The van der Waals surface area contributed by atoms with Gasteiger partial charge in [-0.05, 0) is 48.1 Å². The van der Waals surface area contributed by atoms with Crippen molar-refractivity contribution in [2.24, 2.45) is 0 Å². The fourth-order valence-corrected chi connectivity index (χ4v) is 2.77. The van der Waals surface area contributed by atoms with Crippen LogP contribution >= 0.6 is 27.5 Å². The smallest absolute Gasteiger partial charge is 0.185 e. The number of hydrogen-bond acceptors (Lipinski definition) is 2. The van der Waals surface area contributed by atoms with Crippen molar-refractivity contribution in [1.29, 1.82) is 0 Å². The number of fused-ring (bicyclic) bond motifs is 1. The van der Waals surface area contributed by atoms with E-state index in [2.05, 4.69) is 15.9 Å². The molecule has 0 bridgehead atoms. The molecule has 110 valence electrons. The number of allylic oxidation sites excluding steroid dienone is 1. The van der Waals surface area contributed by atoms with Crippen molar-refractivity contribution in [3.63, 3.8) is 0 Å². The second-order valence-corrected chi connectivity index (χ2v) is 6.15. The van der Waals surface area contributed by atoms with Crippen LogP contribution in [-0.2, 0) is 4.79 Å². The molecule has 22 heavy (non-hydrogen) atoms. The lowest BCUT2D eigenvalue weighted by atomic mass is 10.0.